The monoisotopic (exact) mass is 773 g/mol. The second-order valence-corrected chi connectivity index (χ2v) is 10.6. The van der Waals surface area contributed by atoms with Gasteiger partial charge in [0.05, 0.1) is 16.1 Å². The minimum absolute atomic E-state index is 0.231. The van der Waals surface area contributed by atoms with Gasteiger partial charge >= 0.3 is 17.6 Å². The summed E-state index contributed by atoms with van der Waals surface area (Å²) in [6.45, 7) is -0.633. The third-order valence-electron chi connectivity index (χ3n) is 3.38. The molecule has 1 N–H and O–H groups in total. The molecule has 0 aliphatic rings. The molecule has 160 valence electrons. The Bertz CT molecular complexity index is 1140. The summed E-state index contributed by atoms with van der Waals surface area (Å²) < 4.78 is 42.0. The average Bonchev–Trinajstić information content (AvgIpc) is 2.63. The van der Waals surface area contributed by atoms with Crippen LogP contribution < -0.4 is 4.74 Å². The van der Waals surface area contributed by atoms with Crippen LogP contribution in [-0.2, 0) is 14.9 Å². The Labute approximate surface area is 211 Å². The van der Waals surface area contributed by atoms with Gasteiger partial charge < -0.3 is 9.47 Å². The molecule has 0 bridgehead atoms. The van der Waals surface area contributed by atoms with Crippen molar-refractivity contribution < 1.29 is 37.0 Å². The number of benzene rings is 2. The molecule has 0 saturated heterocycles. The highest BCUT2D eigenvalue weighted by molar-refractivity contribution is 14.1. The van der Waals surface area contributed by atoms with E-state index >= 15 is 0 Å². The van der Waals surface area contributed by atoms with E-state index in [9.17, 15) is 28.1 Å². The van der Waals surface area contributed by atoms with Crippen molar-refractivity contribution in [1.82, 2.24) is 0 Å². The number of ether oxygens (including phenoxy) is 2. The fourth-order valence-electron chi connectivity index (χ4n) is 2.06. The summed E-state index contributed by atoms with van der Waals surface area (Å²) in [5, 5.41) is 11.4. The fourth-order valence-corrected chi connectivity index (χ4v) is 4.73. The van der Waals surface area contributed by atoms with Crippen LogP contribution in [-0.4, -0.2) is 42.2 Å². The Morgan fingerprint density at radius 2 is 1.77 bits per heavy atom. The number of esters is 2. The first-order valence-electron chi connectivity index (χ1n) is 7.66. The van der Waals surface area contributed by atoms with Crippen molar-refractivity contribution >= 4 is 95.5 Å². The molecule has 14 heteroatoms. The predicted octanol–water partition coefficient (Wildman–Crippen LogP) is 3.67. The van der Waals surface area contributed by atoms with Crippen molar-refractivity contribution in [3.63, 3.8) is 0 Å². The van der Waals surface area contributed by atoms with E-state index in [-0.39, 0.29) is 16.9 Å². The second-order valence-electron chi connectivity index (χ2n) is 5.50. The summed E-state index contributed by atoms with van der Waals surface area (Å²) in [7, 11) is -4.32. The number of rotatable bonds is 7. The normalized spacial score (nSPS) is 11.1. The fraction of sp³-hybridized carbons (Fsp3) is 0.125. The third-order valence-corrected chi connectivity index (χ3v) is 7.73. The molecule has 2 aromatic rings. The number of carbonyl (C=O) groups excluding carboxylic acids is 2. The van der Waals surface area contributed by atoms with Crippen molar-refractivity contribution in [2.75, 3.05) is 12.4 Å². The van der Waals surface area contributed by atoms with Crippen molar-refractivity contribution in [1.29, 1.82) is 0 Å². The molecular formula is C16H10I3NO9S. The molecule has 0 fully saturated rings. The van der Waals surface area contributed by atoms with Gasteiger partial charge in [0.15, 0.2) is 0 Å². The molecule has 0 saturated carbocycles. The molecule has 0 atom stereocenters. The van der Waals surface area contributed by atoms with Crippen LogP contribution in [0.25, 0.3) is 0 Å². The molecule has 0 aromatic heterocycles. The van der Waals surface area contributed by atoms with Crippen molar-refractivity contribution in [2.24, 2.45) is 0 Å². The zero-order valence-corrected chi connectivity index (χ0v) is 21.8. The zero-order valence-electron chi connectivity index (χ0n) is 14.5. The average molecular weight is 773 g/mol. The molecule has 0 amide bonds. The van der Waals surface area contributed by atoms with E-state index in [1.807, 2.05) is 51.2 Å². The smallest absolute Gasteiger partial charge is 0.344 e. The largest absolute Gasteiger partial charge is 0.461 e. The Balaban J connectivity index is 2.26. The Kier molecular flexibility index (Phi) is 8.77. The third kappa shape index (κ3) is 6.95. The van der Waals surface area contributed by atoms with Crippen molar-refractivity contribution in [3.8, 4) is 5.75 Å². The summed E-state index contributed by atoms with van der Waals surface area (Å²) in [5.41, 5.74) is -0.673. The maximum Gasteiger partial charge on any atom is 0.344 e. The van der Waals surface area contributed by atoms with Gasteiger partial charge in [0.25, 0.3) is 10.1 Å². The number of hydrogen-bond donors (Lipinski definition) is 1. The topological polar surface area (TPSA) is 150 Å². The van der Waals surface area contributed by atoms with Crippen LogP contribution in [0.1, 0.15) is 20.7 Å². The van der Waals surface area contributed by atoms with Gasteiger partial charge in [-0.15, -0.1) is 0 Å². The van der Waals surface area contributed by atoms with Crippen LogP contribution in [0.2, 0.25) is 0 Å². The van der Waals surface area contributed by atoms with Gasteiger partial charge in [-0.3, -0.25) is 14.7 Å². The van der Waals surface area contributed by atoms with Crippen LogP contribution in [0.5, 0.6) is 5.75 Å². The summed E-state index contributed by atoms with van der Waals surface area (Å²) in [5.74, 6) is -3.03. The molecule has 30 heavy (non-hydrogen) atoms. The van der Waals surface area contributed by atoms with Gasteiger partial charge in [-0.1, -0.05) is 0 Å². The van der Waals surface area contributed by atoms with Gasteiger partial charge in [0.1, 0.15) is 12.4 Å². The minimum Gasteiger partial charge on any atom is -0.461 e. The minimum atomic E-state index is -4.32. The van der Waals surface area contributed by atoms with E-state index in [0.29, 0.717) is 3.57 Å². The molecule has 0 aliphatic heterocycles. The van der Waals surface area contributed by atoms with Crippen LogP contribution in [0.4, 0.5) is 5.69 Å². The zero-order chi connectivity index (χ0) is 22.6. The Hall–Kier alpha value is -1.12. The number of hydrogen-bond acceptors (Lipinski definition) is 8. The Morgan fingerprint density at radius 3 is 2.37 bits per heavy atom. The highest BCUT2D eigenvalue weighted by atomic mass is 127. The second kappa shape index (κ2) is 10.5. The highest BCUT2D eigenvalue weighted by Gasteiger charge is 2.24. The first-order chi connectivity index (χ1) is 13.9. The molecule has 0 radical (unpaired) electrons. The van der Waals surface area contributed by atoms with Gasteiger partial charge in [0, 0.05) is 16.8 Å². The van der Waals surface area contributed by atoms with Crippen LogP contribution in [0, 0.1) is 20.8 Å². The van der Waals surface area contributed by atoms with Crippen molar-refractivity contribution in [2.45, 2.75) is 0 Å². The van der Waals surface area contributed by atoms with Crippen LogP contribution >= 0.6 is 67.8 Å². The number of carbonyl (C=O) groups is 2. The Morgan fingerprint density at radius 1 is 1.10 bits per heavy atom. The number of nitrogens with zero attached hydrogens (tertiary/aromatic N) is 1. The lowest BCUT2D eigenvalue weighted by Crippen LogP contribution is -2.15. The summed E-state index contributed by atoms with van der Waals surface area (Å²) >= 11 is 6.05. The lowest BCUT2D eigenvalue weighted by atomic mass is 10.2. The lowest BCUT2D eigenvalue weighted by Gasteiger charge is -2.09. The summed E-state index contributed by atoms with van der Waals surface area (Å²) in [6, 6.07) is 6.49. The molecule has 0 heterocycles. The molecule has 2 aromatic carbocycles. The highest BCUT2D eigenvalue weighted by Crippen LogP contribution is 2.30. The molecule has 0 unspecified atom stereocenters. The molecule has 0 spiro atoms. The van der Waals surface area contributed by atoms with Crippen LogP contribution in [0.3, 0.4) is 0 Å². The van der Waals surface area contributed by atoms with E-state index in [2.05, 4.69) is 27.3 Å². The van der Waals surface area contributed by atoms with Gasteiger partial charge in [0.2, 0.25) is 5.75 Å². The summed E-state index contributed by atoms with van der Waals surface area (Å²) in [6.07, 6.45) is 0. The number of nitro benzene ring substituents is 1. The maximum absolute atomic E-state index is 12.5. The molecule has 2 rings (SSSR count). The van der Waals surface area contributed by atoms with Gasteiger partial charge in [-0.2, -0.15) is 8.42 Å². The van der Waals surface area contributed by atoms with E-state index in [1.165, 1.54) is 0 Å². The predicted molar refractivity (Wildman–Crippen MR) is 129 cm³/mol. The quantitative estimate of drug-likeness (QED) is 0.0847. The van der Waals surface area contributed by atoms with E-state index in [4.69, 9.17) is 9.29 Å². The molecule has 0 aliphatic carbocycles. The standard InChI is InChI=1S/C16H10I3NO9S/c17-9-6-10(14(19)11(18)7-9)16(22)29-13-2-1-8(5-12(13)20(23)24)15(21)28-3-4-30(25,26)27/h1-2,5-7H,3-4H2,(H,25,26,27). The van der Waals surface area contributed by atoms with Gasteiger partial charge in [-0.05, 0) is 92.0 Å². The molecular weight excluding hydrogens is 763 g/mol. The van der Waals surface area contributed by atoms with Crippen molar-refractivity contribution in [3.05, 3.63) is 62.3 Å². The molecule has 10 nitrogen and oxygen atoms in total. The summed E-state index contributed by atoms with van der Waals surface area (Å²) in [4.78, 5) is 35.0. The SMILES string of the molecule is O=C(OCCS(=O)(=O)O)c1ccc(OC(=O)c2cc(I)cc(I)c2I)c([N+](=O)[O-])c1. The maximum atomic E-state index is 12.5. The van der Waals surface area contributed by atoms with Crippen LogP contribution in [0.15, 0.2) is 30.3 Å². The number of nitro groups is 1. The van der Waals surface area contributed by atoms with E-state index < -0.39 is 45.0 Å². The van der Waals surface area contributed by atoms with E-state index in [1.54, 1.807) is 6.07 Å². The van der Waals surface area contributed by atoms with Gasteiger partial charge in [-0.25, -0.2) is 9.59 Å². The lowest BCUT2D eigenvalue weighted by molar-refractivity contribution is -0.385. The van der Waals surface area contributed by atoms with E-state index in [0.717, 1.165) is 25.3 Å². The first kappa shape index (κ1) is 25.1. The number of halogens is 3. The first-order valence-corrected chi connectivity index (χ1v) is 12.5.